The molecule has 0 spiro atoms. The molecule has 1 N–H and O–H groups in total. The Labute approximate surface area is 98.6 Å². The number of carbonyl (C=O) groups excluding carboxylic acids is 1. The summed E-state index contributed by atoms with van der Waals surface area (Å²) in [5.74, 6) is 1.14. The van der Waals surface area contributed by atoms with Crippen LogP contribution in [0.5, 0.6) is 0 Å². The summed E-state index contributed by atoms with van der Waals surface area (Å²) in [6.07, 6.45) is 7.36. The minimum Gasteiger partial charge on any atom is -0.341 e. The monoisotopic (exact) mass is 224 g/mol. The third-order valence-corrected chi connectivity index (χ3v) is 3.73. The van der Waals surface area contributed by atoms with Crippen molar-refractivity contribution in [2.24, 2.45) is 5.92 Å². The van der Waals surface area contributed by atoms with Crippen molar-refractivity contribution < 1.29 is 4.79 Å². The van der Waals surface area contributed by atoms with Crippen molar-refractivity contribution >= 4 is 5.91 Å². The van der Waals surface area contributed by atoms with Gasteiger partial charge in [-0.15, -0.1) is 0 Å². The van der Waals surface area contributed by atoms with E-state index in [9.17, 15) is 4.79 Å². The van der Waals surface area contributed by atoms with E-state index in [-0.39, 0.29) is 6.04 Å². The Morgan fingerprint density at radius 1 is 1.25 bits per heavy atom. The highest BCUT2D eigenvalue weighted by atomic mass is 16.2. The Bertz CT molecular complexity index is 226. The highest BCUT2D eigenvalue weighted by Gasteiger charge is 2.29. The van der Waals surface area contributed by atoms with Crippen LogP contribution in [-0.4, -0.2) is 36.5 Å². The quantitative estimate of drug-likeness (QED) is 0.789. The fourth-order valence-electron chi connectivity index (χ4n) is 2.45. The van der Waals surface area contributed by atoms with Gasteiger partial charge in [-0.2, -0.15) is 0 Å². The number of hydrogen-bond donors (Lipinski definition) is 1. The van der Waals surface area contributed by atoms with E-state index in [1.807, 2.05) is 0 Å². The van der Waals surface area contributed by atoms with E-state index in [1.165, 1.54) is 32.1 Å². The Morgan fingerprint density at radius 2 is 2.06 bits per heavy atom. The molecule has 1 amide bonds. The molecule has 2 aliphatic rings. The predicted molar refractivity (Wildman–Crippen MR) is 65.2 cm³/mol. The fraction of sp³-hybridized carbons (Fsp3) is 0.923. The Balaban J connectivity index is 1.86. The minimum atomic E-state index is 0.0983. The fourth-order valence-corrected chi connectivity index (χ4v) is 2.45. The van der Waals surface area contributed by atoms with Gasteiger partial charge in [-0.3, -0.25) is 4.79 Å². The first-order chi connectivity index (χ1) is 7.81. The first-order valence-electron chi connectivity index (χ1n) is 6.83. The second-order valence-electron chi connectivity index (χ2n) is 5.18. The van der Waals surface area contributed by atoms with Crippen LogP contribution in [0.3, 0.4) is 0 Å². The molecule has 3 nitrogen and oxygen atoms in total. The van der Waals surface area contributed by atoms with E-state index in [2.05, 4.69) is 17.1 Å². The molecular weight excluding hydrogens is 200 g/mol. The largest absolute Gasteiger partial charge is 0.341 e. The second kappa shape index (κ2) is 5.67. The summed E-state index contributed by atoms with van der Waals surface area (Å²) >= 11 is 0. The smallest absolute Gasteiger partial charge is 0.239 e. The molecule has 1 aliphatic carbocycles. The molecule has 0 aromatic rings. The average molecular weight is 224 g/mol. The maximum absolute atomic E-state index is 12.3. The van der Waals surface area contributed by atoms with Gasteiger partial charge in [0.05, 0.1) is 6.04 Å². The molecule has 0 radical (unpaired) electrons. The lowest BCUT2D eigenvalue weighted by Gasteiger charge is -2.26. The topological polar surface area (TPSA) is 32.3 Å². The summed E-state index contributed by atoms with van der Waals surface area (Å²) < 4.78 is 0. The Kier molecular flexibility index (Phi) is 4.22. The molecule has 2 fully saturated rings. The molecule has 1 saturated carbocycles. The molecule has 1 aliphatic heterocycles. The van der Waals surface area contributed by atoms with Gasteiger partial charge in [0.25, 0.3) is 0 Å². The summed E-state index contributed by atoms with van der Waals surface area (Å²) in [5, 5.41) is 3.40. The van der Waals surface area contributed by atoms with E-state index in [4.69, 9.17) is 0 Å². The zero-order valence-corrected chi connectivity index (χ0v) is 10.4. The van der Waals surface area contributed by atoms with Crippen LogP contribution in [-0.2, 0) is 4.79 Å². The van der Waals surface area contributed by atoms with E-state index in [0.717, 1.165) is 32.0 Å². The molecule has 92 valence electrons. The van der Waals surface area contributed by atoms with E-state index < -0.39 is 0 Å². The van der Waals surface area contributed by atoms with E-state index >= 15 is 0 Å². The number of hydrogen-bond acceptors (Lipinski definition) is 2. The lowest BCUT2D eigenvalue weighted by atomic mass is 10.1. The average Bonchev–Trinajstić information content (AvgIpc) is 3.12. The number of rotatable bonds is 4. The standard InChI is InChI=1S/C13H24N2O/c1-2-15(10-11-7-8-11)13(16)12-6-4-3-5-9-14-12/h11-12,14H,2-10H2,1H3. The van der Waals surface area contributed by atoms with Crippen molar-refractivity contribution in [3.63, 3.8) is 0 Å². The van der Waals surface area contributed by atoms with Gasteiger partial charge in [0, 0.05) is 13.1 Å². The first-order valence-corrected chi connectivity index (χ1v) is 6.83. The summed E-state index contributed by atoms with van der Waals surface area (Å²) in [7, 11) is 0. The van der Waals surface area contributed by atoms with Gasteiger partial charge in [0.1, 0.15) is 0 Å². The minimum absolute atomic E-state index is 0.0983. The zero-order valence-electron chi connectivity index (χ0n) is 10.4. The van der Waals surface area contributed by atoms with Crippen LogP contribution in [0.15, 0.2) is 0 Å². The summed E-state index contributed by atoms with van der Waals surface area (Å²) in [4.78, 5) is 14.4. The molecule has 16 heavy (non-hydrogen) atoms. The predicted octanol–water partition coefficient (Wildman–Crippen LogP) is 1.78. The van der Waals surface area contributed by atoms with Crippen LogP contribution < -0.4 is 5.32 Å². The SMILES string of the molecule is CCN(CC1CC1)C(=O)C1CCCCCN1. The second-order valence-corrected chi connectivity index (χ2v) is 5.18. The molecule has 3 heteroatoms. The molecule has 1 heterocycles. The van der Waals surface area contributed by atoms with Crippen LogP contribution in [0.1, 0.15) is 45.4 Å². The van der Waals surface area contributed by atoms with Gasteiger partial charge in [-0.1, -0.05) is 12.8 Å². The van der Waals surface area contributed by atoms with Crippen LogP contribution in [0.25, 0.3) is 0 Å². The van der Waals surface area contributed by atoms with Crippen molar-refractivity contribution in [1.82, 2.24) is 10.2 Å². The highest BCUT2D eigenvalue weighted by molar-refractivity contribution is 5.81. The molecular formula is C13H24N2O. The molecule has 0 bridgehead atoms. The van der Waals surface area contributed by atoms with Crippen molar-refractivity contribution in [1.29, 1.82) is 0 Å². The number of carbonyl (C=O) groups is 1. The van der Waals surface area contributed by atoms with E-state index in [0.29, 0.717) is 5.91 Å². The number of amides is 1. The summed E-state index contributed by atoms with van der Waals surface area (Å²) in [6, 6.07) is 0.0983. The third kappa shape index (κ3) is 3.21. The van der Waals surface area contributed by atoms with Gasteiger partial charge in [0.15, 0.2) is 0 Å². The molecule has 0 aromatic carbocycles. The lowest BCUT2D eigenvalue weighted by molar-refractivity contribution is -0.133. The van der Waals surface area contributed by atoms with Gasteiger partial charge in [-0.25, -0.2) is 0 Å². The maximum Gasteiger partial charge on any atom is 0.239 e. The van der Waals surface area contributed by atoms with Crippen molar-refractivity contribution in [3.05, 3.63) is 0 Å². The van der Waals surface area contributed by atoms with Gasteiger partial charge < -0.3 is 10.2 Å². The molecule has 0 aromatic heterocycles. The van der Waals surface area contributed by atoms with Crippen molar-refractivity contribution in [2.45, 2.75) is 51.5 Å². The first kappa shape index (κ1) is 11.9. The van der Waals surface area contributed by atoms with Gasteiger partial charge >= 0.3 is 0 Å². The summed E-state index contributed by atoms with van der Waals surface area (Å²) in [5.41, 5.74) is 0. The Morgan fingerprint density at radius 3 is 2.75 bits per heavy atom. The normalized spacial score (nSPS) is 26.2. The lowest BCUT2D eigenvalue weighted by Crippen LogP contribution is -2.46. The van der Waals surface area contributed by atoms with Crippen molar-refractivity contribution in [2.75, 3.05) is 19.6 Å². The van der Waals surface area contributed by atoms with Gasteiger partial charge in [0.2, 0.25) is 5.91 Å². The number of nitrogens with zero attached hydrogens (tertiary/aromatic N) is 1. The van der Waals surface area contributed by atoms with Crippen LogP contribution in [0.4, 0.5) is 0 Å². The number of nitrogens with one attached hydrogen (secondary N) is 1. The van der Waals surface area contributed by atoms with Crippen LogP contribution in [0, 0.1) is 5.92 Å². The van der Waals surface area contributed by atoms with E-state index in [1.54, 1.807) is 0 Å². The molecule has 2 rings (SSSR count). The van der Waals surface area contributed by atoms with Crippen LogP contribution >= 0.6 is 0 Å². The van der Waals surface area contributed by atoms with Crippen LogP contribution in [0.2, 0.25) is 0 Å². The summed E-state index contributed by atoms with van der Waals surface area (Å²) in [6.45, 7) is 4.97. The zero-order chi connectivity index (χ0) is 11.4. The molecule has 1 atom stereocenters. The molecule has 1 unspecified atom stereocenters. The van der Waals surface area contributed by atoms with Crippen molar-refractivity contribution in [3.8, 4) is 0 Å². The third-order valence-electron chi connectivity index (χ3n) is 3.73. The highest BCUT2D eigenvalue weighted by Crippen LogP contribution is 2.30. The number of likely N-dealkylation sites (N-methyl/N-ethyl adjacent to an activating group) is 1. The maximum atomic E-state index is 12.3. The molecule has 1 saturated heterocycles. The van der Waals surface area contributed by atoms with Gasteiger partial charge in [-0.05, 0) is 45.1 Å². The Hall–Kier alpha value is -0.570.